The van der Waals surface area contributed by atoms with Gasteiger partial charge in [0.05, 0.1) is 0 Å². The van der Waals surface area contributed by atoms with Gasteiger partial charge in [-0.1, -0.05) is 32.6 Å². The van der Waals surface area contributed by atoms with Crippen LogP contribution >= 0.6 is 15.6 Å². The minimum Gasteiger partial charge on any atom is -0.822 e. The molecule has 0 aliphatic carbocycles. The molecule has 0 saturated carbocycles. The Kier molecular flexibility index (Phi) is 45.4. The van der Waals surface area contributed by atoms with E-state index < -0.39 is 21.6 Å². The average molecular weight is 454 g/mol. The van der Waals surface area contributed by atoms with E-state index in [0.717, 1.165) is 12.8 Å². The van der Waals surface area contributed by atoms with E-state index in [4.69, 9.17) is 43.6 Å². The minimum atomic E-state index is -5.39. The molecular weight excluding hydrogens is 438 g/mol. The molecule has 0 aliphatic heterocycles. The van der Waals surface area contributed by atoms with Gasteiger partial charge >= 0.3 is 119 Å². The minimum absolute atomic E-state index is 0. The van der Waals surface area contributed by atoms with Crippen LogP contribution in [-0.2, 0) is 13.9 Å². The Labute approximate surface area is 224 Å². The number of hydrogen-bond donors (Lipinski definition) is 1. The van der Waals surface area contributed by atoms with E-state index in [2.05, 4.69) is 6.92 Å². The SMILES string of the molecule is CCCCCCCC(=O)O.O=P([O-])([O-])[O-].O=P([O-])([O-])[O-].[Ca+2].[Ca+2].[Ca+2]. The quantitative estimate of drug-likeness (QED) is 0.231. The third kappa shape index (κ3) is 128. The van der Waals surface area contributed by atoms with Crippen LogP contribution in [0.3, 0.4) is 0 Å². The van der Waals surface area contributed by atoms with Crippen LogP contribution in [0, 0.1) is 0 Å². The number of carboxylic acid groups (broad SMARTS) is 1. The number of phosphoric acid groups is 2. The predicted molar refractivity (Wildman–Crippen MR) is 73.5 cm³/mol. The number of hydrogen-bond acceptors (Lipinski definition) is 9. The van der Waals surface area contributed by atoms with Gasteiger partial charge in [-0.25, -0.2) is 0 Å². The standard InChI is InChI=1S/C8H16O2.3Ca.2H3O4P/c1-2-3-4-5-6-7-8(9)10;;;;2*1-5(2,3)4/h2-7H2,1H3,(H,9,10);;;;2*(H3,1,2,3,4)/q;3*+2;;/p-6. The molecule has 0 amide bonds. The van der Waals surface area contributed by atoms with Crippen molar-refractivity contribution in [3.05, 3.63) is 0 Å². The second-order valence-electron chi connectivity index (χ2n) is 3.45. The first kappa shape index (κ1) is 41.0. The van der Waals surface area contributed by atoms with E-state index >= 15 is 0 Å². The van der Waals surface area contributed by atoms with Crippen molar-refractivity contribution in [2.75, 3.05) is 0 Å². The molecule has 0 unspecified atom stereocenters. The first-order valence-electron chi connectivity index (χ1n) is 5.45. The maximum absolute atomic E-state index is 10.0. The summed E-state index contributed by atoms with van der Waals surface area (Å²) in [5.41, 5.74) is 0. The fourth-order valence-corrected chi connectivity index (χ4v) is 0.880. The molecule has 0 atom stereocenters. The second-order valence-corrected chi connectivity index (χ2v) is 5.24. The van der Waals surface area contributed by atoms with E-state index in [-0.39, 0.29) is 113 Å². The Morgan fingerprint density at radius 3 is 1.26 bits per heavy atom. The summed E-state index contributed by atoms with van der Waals surface area (Å²) >= 11 is 0. The normalized spacial score (nSPS) is 9.35. The van der Waals surface area contributed by atoms with Gasteiger partial charge in [-0.05, 0) is 6.42 Å². The molecule has 0 rings (SSSR count). The summed E-state index contributed by atoms with van der Waals surface area (Å²) in [4.78, 5) is 61.3. The van der Waals surface area contributed by atoms with Gasteiger partial charge in [-0.15, -0.1) is 0 Å². The van der Waals surface area contributed by atoms with E-state index in [1.54, 1.807) is 0 Å². The van der Waals surface area contributed by atoms with Gasteiger partial charge in [0.2, 0.25) is 0 Å². The molecule has 0 spiro atoms. The molecule has 15 heteroatoms. The maximum atomic E-state index is 10.0. The summed E-state index contributed by atoms with van der Waals surface area (Å²) in [6.45, 7) is 2.15. The first-order valence-corrected chi connectivity index (χ1v) is 8.37. The predicted octanol–water partition coefficient (Wildman–Crippen LogP) is -4.36. The van der Waals surface area contributed by atoms with Crippen molar-refractivity contribution in [1.82, 2.24) is 0 Å². The molecule has 0 heterocycles. The van der Waals surface area contributed by atoms with Crippen LogP contribution in [0.25, 0.3) is 0 Å². The van der Waals surface area contributed by atoms with E-state index in [0.29, 0.717) is 6.42 Å². The van der Waals surface area contributed by atoms with Crippen LogP contribution in [0.1, 0.15) is 45.4 Å². The van der Waals surface area contributed by atoms with Crippen molar-refractivity contribution in [2.24, 2.45) is 0 Å². The van der Waals surface area contributed by atoms with E-state index in [1.807, 2.05) is 0 Å². The third-order valence-corrected chi connectivity index (χ3v) is 1.49. The smallest absolute Gasteiger partial charge is 0.822 e. The third-order valence-electron chi connectivity index (χ3n) is 1.49. The second kappa shape index (κ2) is 25.5. The van der Waals surface area contributed by atoms with E-state index in [1.165, 1.54) is 19.3 Å². The molecule has 23 heavy (non-hydrogen) atoms. The van der Waals surface area contributed by atoms with Crippen molar-refractivity contribution < 1.29 is 48.4 Å². The van der Waals surface area contributed by atoms with Gasteiger partial charge in [-0.2, -0.15) is 15.6 Å². The summed E-state index contributed by atoms with van der Waals surface area (Å²) in [6, 6.07) is 0. The Morgan fingerprint density at radius 2 is 1.04 bits per heavy atom. The molecule has 0 aliphatic rings. The van der Waals surface area contributed by atoms with Crippen molar-refractivity contribution in [2.45, 2.75) is 45.4 Å². The van der Waals surface area contributed by atoms with Crippen LogP contribution in [0.4, 0.5) is 0 Å². The Bertz CT molecular complexity index is 296. The number of carbonyl (C=O) groups is 1. The molecule has 0 aromatic carbocycles. The van der Waals surface area contributed by atoms with Gasteiger partial charge in [0.25, 0.3) is 0 Å². The maximum Gasteiger partial charge on any atom is 2.00 e. The zero-order chi connectivity index (χ0) is 16.8. The summed E-state index contributed by atoms with van der Waals surface area (Å²) < 4.78 is 17.1. The van der Waals surface area contributed by atoms with Crippen LogP contribution in [0.2, 0.25) is 0 Å². The average Bonchev–Trinajstić information content (AvgIpc) is 2.11. The molecule has 1 N–H and O–H groups in total. The van der Waals surface area contributed by atoms with Gasteiger partial charge in [0.15, 0.2) is 0 Å². The molecule has 124 valence electrons. The van der Waals surface area contributed by atoms with E-state index in [9.17, 15) is 4.79 Å². The fourth-order valence-electron chi connectivity index (χ4n) is 0.880. The molecule has 0 radical (unpaired) electrons. The van der Waals surface area contributed by atoms with Gasteiger partial charge in [-0.3, -0.25) is 4.79 Å². The zero-order valence-corrected chi connectivity index (χ0v) is 21.3. The van der Waals surface area contributed by atoms with Crippen molar-refractivity contribution in [1.29, 1.82) is 0 Å². The topological polar surface area (TPSA) is 210 Å². The molecule has 0 aromatic rings. The first-order chi connectivity index (χ1) is 8.77. The molecule has 0 fully saturated rings. The van der Waals surface area contributed by atoms with Gasteiger partial charge in [0.1, 0.15) is 0 Å². The van der Waals surface area contributed by atoms with Crippen LogP contribution < -0.4 is 29.4 Å². The number of rotatable bonds is 6. The van der Waals surface area contributed by atoms with Crippen molar-refractivity contribution in [3.8, 4) is 0 Å². The molecule has 0 bridgehead atoms. The summed E-state index contributed by atoms with van der Waals surface area (Å²) in [5.74, 6) is -0.670. The number of carboxylic acids is 1. The summed E-state index contributed by atoms with van der Waals surface area (Å²) in [7, 11) is -10.8. The van der Waals surface area contributed by atoms with Crippen molar-refractivity contribution in [3.63, 3.8) is 0 Å². The monoisotopic (exact) mass is 454 g/mol. The fraction of sp³-hybridized carbons (Fsp3) is 0.875. The largest absolute Gasteiger partial charge is 2.00 e. The molecule has 0 saturated heterocycles. The molecule has 10 nitrogen and oxygen atoms in total. The van der Waals surface area contributed by atoms with Crippen LogP contribution in [0.15, 0.2) is 0 Å². The molecular formula is C8H16Ca3O10P2. The Balaban J connectivity index is -0.0000000483. The number of unbranched alkanes of at least 4 members (excludes halogenated alkanes) is 4. The van der Waals surface area contributed by atoms with Gasteiger partial charge < -0.3 is 43.6 Å². The Hall–Kier alpha value is 3.47. The summed E-state index contributed by atoms with van der Waals surface area (Å²) in [6.07, 6.45) is 5.88. The van der Waals surface area contributed by atoms with Crippen LogP contribution in [-0.4, -0.2) is 124 Å². The summed E-state index contributed by atoms with van der Waals surface area (Å²) in [5, 5.41) is 8.27. The van der Waals surface area contributed by atoms with Crippen molar-refractivity contribution >= 4 is 135 Å². The zero-order valence-electron chi connectivity index (χ0n) is 12.9. The van der Waals surface area contributed by atoms with Crippen LogP contribution in [0.5, 0.6) is 0 Å². The van der Waals surface area contributed by atoms with Gasteiger partial charge in [0, 0.05) is 6.42 Å². The Morgan fingerprint density at radius 1 is 0.783 bits per heavy atom. The molecule has 0 aromatic heterocycles. The number of aliphatic carboxylic acids is 1.